The normalized spacial score (nSPS) is 11.6. The van der Waals surface area contributed by atoms with Crippen molar-refractivity contribution in [3.63, 3.8) is 0 Å². The summed E-state index contributed by atoms with van der Waals surface area (Å²) in [6, 6.07) is 4.62. The number of aromatic nitrogens is 2. The molecule has 2 rings (SSSR count). The second-order valence-corrected chi connectivity index (χ2v) is 5.33. The van der Waals surface area contributed by atoms with Gasteiger partial charge < -0.3 is 15.5 Å². The number of esters is 1. The van der Waals surface area contributed by atoms with Gasteiger partial charge in [0.25, 0.3) is 5.56 Å². The average Bonchev–Trinajstić information content (AvgIpc) is 2.52. The monoisotopic (exact) mass is 320 g/mol. The molecule has 0 aliphatic carbocycles. The summed E-state index contributed by atoms with van der Waals surface area (Å²) in [6.45, 7) is 2.49. The first kappa shape index (κ1) is 16.0. The Morgan fingerprint density at radius 2 is 2.27 bits per heavy atom. The molecule has 1 aromatic carbocycles. The molecule has 0 saturated heterocycles. The van der Waals surface area contributed by atoms with Gasteiger partial charge in [-0.15, -0.1) is 0 Å². The van der Waals surface area contributed by atoms with Crippen LogP contribution in [0.4, 0.5) is 0 Å². The van der Waals surface area contributed by atoms with Crippen molar-refractivity contribution >= 4 is 33.8 Å². The van der Waals surface area contributed by atoms with Gasteiger partial charge in [-0.2, -0.15) is 0 Å². The van der Waals surface area contributed by atoms with Gasteiger partial charge in [0.2, 0.25) is 0 Å². The van der Waals surface area contributed by atoms with Crippen LogP contribution in [0.5, 0.6) is 0 Å². The minimum Gasteiger partial charge on any atom is -0.465 e. The fourth-order valence-corrected chi connectivity index (χ4v) is 2.49. The van der Waals surface area contributed by atoms with Crippen LogP contribution < -0.4 is 11.3 Å². The smallest absolute Gasteiger partial charge is 0.337 e. The van der Waals surface area contributed by atoms with Crippen LogP contribution in [0.1, 0.15) is 23.1 Å². The third-order valence-electron chi connectivity index (χ3n) is 2.85. The quantitative estimate of drug-likeness (QED) is 0.499. The molecule has 1 aromatic heterocycles. The molecular formula is C14H16N4O3S. The molecule has 0 spiro atoms. The van der Waals surface area contributed by atoms with Crippen molar-refractivity contribution in [2.45, 2.75) is 12.7 Å². The Hall–Kier alpha value is -2.35. The number of amidine groups is 1. The third-order valence-corrected chi connectivity index (χ3v) is 3.69. The summed E-state index contributed by atoms with van der Waals surface area (Å²) >= 11 is 1.29. The van der Waals surface area contributed by atoms with Gasteiger partial charge in [0.15, 0.2) is 5.17 Å². The highest BCUT2D eigenvalue weighted by molar-refractivity contribution is 8.13. The van der Waals surface area contributed by atoms with E-state index >= 15 is 0 Å². The first-order valence-corrected chi connectivity index (χ1v) is 7.57. The Morgan fingerprint density at radius 3 is 2.95 bits per heavy atom. The Morgan fingerprint density at radius 1 is 1.50 bits per heavy atom. The fourth-order valence-electron chi connectivity index (χ4n) is 1.84. The van der Waals surface area contributed by atoms with Crippen molar-refractivity contribution in [3.8, 4) is 0 Å². The van der Waals surface area contributed by atoms with Crippen molar-refractivity contribution in [2.24, 2.45) is 10.7 Å². The molecule has 8 heteroatoms. The molecule has 0 atom stereocenters. The number of nitrogens with one attached hydrogen (secondary N) is 1. The number of carbonyl (C=O) groups is 1. The minimum atomic E-state index is -0.473. The number of hydrogen-bond acceptors (Lipinski definition) is 6. The third kappa shape index (κ3) is 3.64. The van der Waals surface area contributed by atoms with Crippen LogP contribution in [-0.2, 0) is 10.5 Å². The van der Waals surface area contributed by atoms with Crippen LogP contribution >= 0.6 is 11.8 Å². The highest BCUT2D eigenvalue weighted by Crippen LogP contribution is 2.14. The Bertz CT molecular complexity index is 785. The van der Waals surface area contributed by atoms with Gasteiger partial charge in [-0.3, -0.25) is 9.79 Å². The Labute approximate surface area is 131 Å². The predicted molar refractivity (Wildman–Crippen MR) is 87.2 cm³/mol. The van der Waals surface area contributed by atoms with Crippen molar-refractivity contribution in [2.75, 3.05) is 13.7 Å². The van der Waals surface area contributed by atoms with E-state index in [9.17, 15) is 9.59 Å². The van der Waals surface area contributed by atoms with Gasteiger partial charge in [0, 0.05) is 6.54 Å². The van der Waals surface area contributed by atoms with Crippen LogP contribution in [0, 0.1) is 0 Å². The lowest BCUT2D eigenvalue weighted by atomic mass is 10.1. The molecule has 3 N–H and O–H groups in total. The van der Waals surface area contributed by atoms with Crippen LogP contribution in [0.25, 0.3) is 10.9 Å². The first-order chi connectivity index (χ1) is 10.5. The number of aromatic amines is 1. The number of ether oxygens (including phenoxy) is 1. The van der Waals surface area contributed by atoms with E-state index in [1.54, 1.807) is 6.07 Å². The SMILES string of the molecule is CCN=C(N)SCc1nc2cc(C(=O)OC)ccc2c(=O)[nH]1. The largest absolute Gasteiger partial charge is 0.465 e. The van der Waals surface area contributed by atoms with Gasteiger partial charge >= 0.3 is 5.97 Å². The van der Waals surface area contributed by atoms with E-state index in [2.05, 4.69) is 19.7 Å². The van der Waals surface area contributed by atoms with Crippen LogP contribution in [0.3, 0.4) is 0 Å². The summed E-state index contributed by atoms with van der Waals surface area (Å²) < 4.78 is 4.66. The molecule has 116 valence electrons. The molecule has 22 heavy (non-hydrogen) atoms. The number of carbonyl (C=O) groups excluding carboxylic acids is 1. The van der Waals surface area contributed by atoms with Crippen molar-refractivity contribution in [1.29, 1.82) is 0 Å². The lowest BCUT2D eigenvalue weighted by Crippen LogP contribution is -2.14. The zero-order valence-corrected chi connectivity index (χ0v) is 13.1. The standard InChI is InChI=1S/C14H16N4O3S/c1-3-16-14(15)22-7-11-17-10-6-8(13(20)21-2)4-5-9(10)12(19)18-11/h4-6H,3,7H2,1-2H3,(H2,15,16)(H,17,18,19). The maximum Gasteiger partial charge on any atom is 0.337 e. The maximum atomic E-state index is 12.0. The van der Waals surface area contributed by atoms with E-state index in [0.717, 1.165) is 0 Å². The molecule has 1 heterocycles. The number of hydrogen-bond donors (Lipinski definition) is 2. The molecule has 0 bridgehead atoms. The number of benzene rings is 1. The lowest BCUT2D eigenvalue weighted by Gasteiger charge is -2.04. The number of rotatable bonds is 4. The number of aliphatic imine (C=N–C) groups is 1. The van der Waals surface area contributed by atoms with Gasteiger partial charge in [0.05, 0.1) is 29.3 Å². The van der Waals surface area contributed by atoms with E-state index in [1.165, 1.54) is 31.0 Å². The predicted octanol–water partition coefficient (Wildman–Crippen LogP) is 1.28. The Kier molecular flexibility index (Phi) is 5.16. The highest BCUT2D eigenvalue weighted by Gasteiger charge is 2.10. The van der Waals surface area contributed by atoms with Crippen molar-refractivity contribution in [3.05, 3.63) is 39.9 Å². The molecular weight excluding hydrogens is 304 g/mol. The molecule has 0 fully saturated rings. The first-order valence-electron chi connectivity index (χ1n) is 6.59. The molecule has 0 unspecified atom stereocenters. The van der Waals surface area contributed by atoms with E-state index in [1.807, 2.05) is 6.92 Å². The fraction of sp³-hybridized carbons (Fsp3) is 0.286. The number of thioether (sulfide) groups is 1. The topological polar surface area (TPSA) is 110 Å². The van der Waals surface area contributed by atoms with E-state index in [4.69, 9.17) is 5.73 Å². The summed E-state index contributed by atoms with van der Waals surface area (Å²) in [6.07, 6.45) is 0. The maximum absolute atomic E-state index is 12.0. The number of fused-ring (bicyclic) bond motifs is 1. The molecule has 2 aromatic rings. The molecule has 0 saturated carbocycles. The number of methoxy groups -OCH3 is 1. The summed E-state index contributed by atoms with van der Waals surface area (Å²) in [5.74, 6) is 0.390. The van der Waals surface area contributed by atoms with Gasteiger partial charge in [-0.25, -0.2) is 9.78 Å². The van der Waals surface area contributed by atoms with Crippen molar-refractivity contribution < 1.29 is 9.53 Å². The minimum absolute atomic E-state index is 0.261. The van der Waals surface area contributed by atoms with Crippen molar-refractivity contribution in [1.82, 2.24) is 9.97 Å². The second kappa shape index (κ2) is 7.08. The van der Waals surface area contributed by atoms with Gasteiger partial charge in [-0.05, 0) is 25.1 Å². The molecule has 0 amide bonds. The van der Waals surface area contributed by atoms with Crippen LogP contribution in [-0.4, -0.2) is 34.8 Å². The molecule has 0 aliphatic rings. The van der Waals surface area contributed by atoms with Crippen LogP contribution in [0.2, 0.25) is 0 Å². The zero-order chi connectivity index (χ0) is 16.1. The number of nitrogens with two attached hydrogens (primary N) is 1. The number of H-pyrrole nitrogens is 1. The van der Waals surface area contributed by atoms with Gasteiger partial charge in [0.1, 0.15) is 5.82 Å². The average molecular weight is 320 g/mol. The van der Waals surface area contributed by atoms with Crippen LogP contribution in [0.15, 0.2) is 28.0 Å². The summed E-state index contributed by atoms with van der Waals surface area (Å²) in [5.41, 5.74) is 6.22. The van der Waals surface area contributed by atoms with Gasteiger partial charge in [-0.1, -0.05) is 11.8 Å². The number of nitrogens with zero attached hydrogens (tertiary/aromatic N) is 2. The van der Waals surface area contributed by atoms with E-state index in [0.29, 0.717) is 39.8 Å². The molecule has 7 nitrogen and oxygen atoms in total. The summed E-state index contributed by atoms with van der Waals surface area (Å²) in [4.78, 5) is 34.7. The summed E-state index contributed by atoms with van der Waals surface area (Å²) in [5, 5.41) is 0.852. The van der Waals surface area contributed by atoms with E-state index < -0.39 is 5.97 Å². The summed E-state index contributed by atoms with van der Waals surface area (Å²) in [7, 11) is 1.30. The van der Waals surface area contributed by atoms with E-state index in [-0.39, 0.29) is 5.56 Å². The molecule has 0 aliphatic heterocycles. The lowest BCUT2D eigenvalue weighted by molar-refractivity contribution is 0.0601. The molecule has 0 radical (unpaired) electrons. The zero-order valence-electron chi connectivity index (χ0n) is 12.3. The second-order valence-electron chi connectivity index (χ2n) is 4.34. The highest BCUT2D eigenvalue weighted by atomic mass is 32.2. The Balaban J connectivity index is 2.35.